The molecule has 17 heavy (non-hydrogen) atoms. The van der Waals surface area contributed by atoms with Crippen LogP contribution in [0.3, 0.4) is 0 Å². The smallest absolute Gasteiger partial charge is 0.0764 e. The van der Waals surface area contributed by atoms with Crippen molar-refractivity contribution in [1.29, 1.82) is 0 Å². The summed E-state index contributed by atoms with van der Waals surface area (Å²) >= 11 is 0. The molecule has 2 rings (SSSR count). The van der Waals surface area contributed by atoms with Gasteiger partial charge in [0.25, 0.3) is 0 Å². The van der Waals surface area contributed by atoms with E-state index < -0.39 is 0 Å². The van der Waals surface area contributed by atoms with Crippen LogP contribution < -0.4 is 15.5 Å². The fourth-order valence-corrected chi connectivity index (χ4v) is 2.24. The molecule has 1 unspecified atom stereocenters. The molecule has 0 radical (unpaired) electrons. The van der Waals surface area contributed by atoms with Crippen molar-refractivity contribution in [2.24, 2.45) is 0 Å². The predicted molar refractivity (Wildman–Crippen MR) is 72.7 cm³/mol. The Bertz CT molecular complexity index is 345. The first-order chi connectivity index (χ1) is 8.27. The third-order valence-corrected chi connectivity index (χ3v) is 3.23. The van der Waals surface area contributed by atoms with E-state index in [9.17, 15) is 0 Å². The number of nitrogens with zero attached hydrogens (tertiary/aromatic N) is 2. The van der Waals surface area contributed by atoms with Crippen LogP contribution in [0.25, 0.3) is 0 Å². The van der Waals surface area contributed by atoms with Gasteiger partial charge in [0, 0.05) is 32.9 Å². The quantitative estimate of drug-likeness (QED) is 0.832. The topological polar surface area (TPSA) is 40.2 Å². The average molecular weight is 234 g/mol. The standard InChI is InChI=1S/C13H22N4/c1-17(2)13-6-8-14-10-12(13)16-9-11-5-3-4-7-15-11/h6,8,10-11,15-16H,3-5,7,9H2,1-2H3. The summed E-state index contributed by atoms with van der Waals surface area (Å²) in [4.78, 5) is 6.29. The Labute approximate surface area is 103 Å². The molecule has 1 fully saturated rings. The molecule has 1 aromatic rings. The van der Waals surface area contributed by atoms with Gasteiger partial charge in [-0.15, -0.1) is 0 Å². The van der Waals surface area contributed by atoms with Crippen molar-refractivity contribution in [2.45, 2.75) is 25.3 Å². The Kier molecular flexibility index (Phi) is 4.20. The fourth-order valence-electron chi connectivity index (χ4n) is 2.24. The molecule has 1 saturated heterocycles. The van der Waals surface area contributed by atoms with Crippen molar-refractivity contribution in [3.05, 3.63) is 18.5 Å². The summed E-state index contributed by atoms with van der Waals surface area (Å²) in [5.74, 6) is 0. The van der Waals surface area contributed by atoms with Crippen LogP contribution in [0.5, 0.6) is 0 Å². The van der Waals surface area contributed by atoms with Gasteiger partial charge in [0.2, 0.25) is 0 Å². The molecule has 0 aliphatic carbocycles. The number of pyridine rings is 1. The van der Waals surface area contributed by atoms with Crippen LogP contribution >= 0.6 is 0 Å². The van der Waals surface area contributed by atoms with Crippen LogP contribution in [0.15, 0.2) is 18.5 Å². The largest absolute Gasteiger partial charge is 0.381 e. The van der Waals surface area contributed by atoms with Crippen LogP contribution in [0.2, 0.25) is 0 Å². The van der Waals surface area contributed by atoms with Gasteiger partial charge < -0.3 is 15.5 Å². The lowest BCUT2D eigenvalue weighted by Gasteiger charge is -2.25. The van der Waals surface area contributed by atoms with Gasteiger partial charge in [0.15, 0.2) is 0 Å². The van der Waals surface area contributed by atoms with Crippen molar-refractivity contribution in [3.8, 4) is 0 Å². The number of piperidine rings is 1. The van der Waals surface area contributed by atoms with Crippen LogP contribution in [-0.2, 0) is 0 Å². The zero-order chi connectivity index (χ0) is 12.1. The molecule has 2 N–H and O–H groups in total. The highest BCUT2D eigenvalue weighted by Crippen LogP contribution is 2.22. The molecule has 1 aliphatic heterocycles. The first kappa shape index (κ1) is 12.2. The molecule has 4 nitrogen and oxygen atoms in total. The second-order valence-electron chi connectivity index (χ2n) is 4.81. The first-order valence-electron chi connectivity index (χ1n) is 6.36. The molecular weight excluding hydrogens is 212 g/mol. The lowest BCUT2D eigenvalue weighted by atomic mass is 10.1. The molecule has 1 atom stereocenters. The Morgan fingerprint density at radius 2 is 2.35 bits per heavy atom. The van der Waals surface area contributed by atoms with Gasteiger partial charge in [-0.2, -0.15) is 0 Å². The molecule has 0 aromatic carbocycles. The minimum absolute atomic E-state index is 0.596. The highest BCUT2D eigenvalue weighted by Gasteiger charge is 2.12. The zero-order valence-corrected chi connectivity index (χ0v) is 10.7. The minimum atomic E-state index is 0.596. The molecule has 4 heteroatoms. The summed E-state index contributed by atoms with van der Waals surface area (Å²) in [5.41, 5.74) is 2.31. The maximum absolute atomic E-state index is 4.18. The summed E-state index contributed by atoms with van der Waals surface area (Å²) in [6.45, 7) is 2.13. The molecular formula is C13H22N4. The van der Waals surface area contributed by atoms with E-state index in [2.05, 4.69) is 34.6 Å². The fraction of sp³-hybridized carbons (Fsp3) is 0.615. The number of hydrogen-bond donors (Lipinski definition) is 2. The Morgan fingerprint density at radius 1 is 1.47 bits per heavy atom. The van der Waals surface area contributed by atoms with Gasteiger partial charge >= 0.3 is 0 Å². The normalized spacial score (nSPS) is 20.0. The summed E-state index contributed by atoms with van der Waals surface area (Å²) in [6, 6.07) is 2.63. The minimum Gasteiger partial charge on any atom is -0.381 e. The number of hydrogen-bond acceptors (Lipinski definition) is 4. The average Bonchev–Trinajstić information content (AvgIpc) is 2.38. The Morgan fingerprint density at radius 3 is 3.06 bits per heavy atom. The number of anilines is 2. The SMILES string of the molecule is CN(C)c1ccncc1NCC1CCCCN1. The van der Waals surface area contributed by atoms with Crippen molar-refractivity contribution in [2.75, 3.05) is 37.4 Å². The van der Waals surface area contributed by atoms with Gasteiger partial charge in [-0.25, -0.2) is 0 Å². The molecule has 2 heterocycles. The van der Waals surface area contributed by atoms with Gasteiger partial charge in [-0.05, 0) is 25.5 Å². The van der Waals surface area contributed by atoms with E-state index in [-0.39, 0.29) is 0 Å². The zero-order valence-electron chi connectivity index (χ0n) is 10.7. The third-order valence-electron chi connectivity index (χ3n) is 3.23. The van der Waals surface area contributed by atoms with Crippen molar-refractivity contribution in [3.63, 3.8) is 0 Å². The first-order valence-corrected chi connectivity index (χ1v) is 6.36. The van der Waals surface area contributed by atoms with E-state index in [1.54, 1.807) is 0 Å². The van der Waals surface area contributed by atoms with E-state index in [0.29, 0.717) is 6.04 Å². The van der Waals surface area contributed by atoms with E-state index in [1.165, 1.54) is 24.9 Å². The van der Waals surface area contributed by atoms with Gasteiger partial charge in [-0.3, -0.25) is 4.98 Å². The van der Waals surface area contributed by atoms with E-state index in [1.807, 2.05) is 18.5 Å². The predicted octanol–water partition coefficient (Wildman–Crippen LogP) is 1.70. The van der Waals surface area contributed by atoms with Crippen LogP contribution in [0.1, 0.15) is 19.3 Å². The number of nitrogens with one attached hydrogen (secondary N) is 2. The maximum Gasteiger partial charge on any atom is 0.0764 e. The van der Waals surface area contributed by atoms with Crippen LogP contribution in [0, 0.1) is 0 Å². The Balaban J connectivity index is 1.93. The van der Waals surface area contributed by atoms with Crippen molar-refractivity contribution < 1.29 is 0 Å². The maximum atomic E-state index is 4.18. The molecule has 94 valence electrons. The monoisotopic (exact) mass is 234 g/mol. The van der Waals surface area contributed by atoms with Crippen LogP contribution in [0.4, 0.5) is 11.4 Å². The lowest BCUT2D eigenvalue weighted by molar-refractivity contribution is 0.414. The van der Waals surface area contributed by atoms with Crippen LogP contribution in [-0.4, -0.2) is 38.2 Å². The highest BCUT2D eigenvalue weighted by molar-refractivity contribution is 5.68. The summed E-state index contributed by atoms with van der Waals surface area (Å²) in [6.07, 6.45) is 7.65. The molecule has 1 aromatic heterocycles. The molecule has 0 spiro atoms. The van der Waals surface area contributed by atoms with E-state index >= 15 is 0 Å². The van der Waals surface area contributed by atoms with E-state index in [4.69, 9.17) is 0 Å². The highest BCUT2D eigenvalue weighted by atomic mass is 15.1. The molecule has 0 amide bonds. The van der Waals surface area contributed by atoms with Crippen molar-refractivity contribution >= 4 is 11.4 Å². The second-order valence-corrected chi connectivity index (χ2v) is 4.81. The summed E-state index contributed by atoms with van der Waals surface area (Å²) in [7, 11) is 4.11. The lowest BCUT2D eigenvalue weighted by Crippen LogP contribution is -2.39. The molecule has 1 aliphatic rings. The number of rotatable bonds is 4. The third kappa shape index (κ3) is 3.33. The molecule has 0 saturated carbocycles. The van der Waals surface area contributed by atoms with Gasteiger partial charge in [0.05, 0.1) is 17.6 Å². The van der Waals surface area contributed by atoms with Crippen molar-refractivity contribution in [1.82, 2.24) is 10.3 Å². The number of aromatic nitrogens is 1. The second kappa shape index (κ2) is 5.87. The Hall–Kier alpha value is -1.29. The van der Waals surface area contributed by atoms with Gasteiger partial charge in [-0.1, -0.05) is 6.42 Å². The summed E-state index contributed by atoms with van der Waals surface area (Å²) < 4.78 is 0. The van der Waals surface area contributed by atoms with Gasteiger partial charge in [0.1, 0.15) is 0 Å². The summed E-state index contributed by atoms with van der Waals surface area (Å²) in [5, 5.41) is 7.04. The molecule has 0 bridgehead atoms. The van der Waals surface area contributed by atoms with E-state index in [0.717, 1.165) is 18.8 Å².